The third kappa shape index (κ3) is 7.12. The largest absolute Gasteiger partial charge is 0.271 e. The van der Waals surface area contributed by atoms with Gasteiger partial charge in [-0.05, 0) is 32.1 Å². The molecule has 3 heteroatoms. The Balaban J connectivity index is 2.00. The van der Waals surface area contributed by atoms with E-state index in [9.17, 15) is 0 Å². The Morgan fingerprint density at radius 2 is 2.06 bits per heavy atom. The van der Waals surface area contributed by atoms with Gasteiger partial charge in [0.15, 0.2) is 0 Å². The van der Waals surface area contributed by atoms with Crippen LogP contribution in [0.25, 0.3) is 0 Å². The van der Waals surface area contributed by atoms with Gasteiger partial charge < -0.3 is 0 Å². The van der Waals surface area contributed by atoms with Gasteiger partial charge in [0.05, 0.1) is 0 Å². The number of thioether (sulfide) groups is 1. The smallest absolute Gasteiger partial charge is 0.0301 e. The van der Waals surface area contributed by atoms with E-state index in [1.54, 1.807) is 0 Å². The zero-order chi connectivity index (χ0) is 12.3. The van der Waals surface area contributed by atoms with Crippen molar-refractivity contribution >= 4 is 11.8 Å². The molecular formula is C14H28N2S. The zero-order valence-electron chi connectivity index (χ0n) is 11.0. The first kappa shape index (κ1) is 15.1. The maximum absolute atomic E-state index is 5.62. The van der Waals surface area contributed by atoms with Gasteiger partial charge in [0.25, 0.3) is 0 Å². The fourth-order valence-electron chi connectivity index (χ4n) is 2.38. The lowest BCUT2D eigenvalue weighted by atomic mass is 10.1. The van der Waals surface area contributed by atoms with E-state index in [1.165, 1.54) is 57.1 Å². The summed E-state index contributed by atoms with van der Waals surface area (Å²) in [6.45, 7) is 3.75. The van der Waals surface area contributed by atoms with Crippen LogP contribution in [-0.2, 0) is 0 Å². The number of hydrogen-bond acceptors (Lipinski definition) is 3. The van der Waals surface area contributed by atoms with Crippen LogP contribution in [0.1, 0.15) is 57.8 Å². The van der Waals surface area contributed by atoms with Crippen molar-refractivity contribution in [3.8, 4) is 0 Å². The van der Waals surface area contributed by atoms with Crippen LogP contribution in [0.15, 0.2) is 12.7 Å². The third-order valence-corrected chi connectivity index (χ3v) is 5.07. The van der Waals surface area contributed by atoms with Gasteiger partial charge in [0.1, 0.15) is 0 Å². The molecule has 0 aliphatic heterocycles. The molecule has 1 fully saturated rings. The Labute approximate surface area is 111 Å². The molecule has 1 unspecified atom stereocenters. The number of nitrogens with one attached hydrogen (secondary N) is 1. The SMILES string of the molecule is C=CCCCCCC(CSC1CCCC1)NN. The molecule has 1 aliphatic rings. The lowest BCUT2D eigenvalue weighted by Crippen LogP contribution is -2.37. The molecule has 0 saturated heterocycles. The first-order valence-electron chi connectivity index (χ1n) is 7.05. The van der Waals surface area contributed by atoms with Crippen molar-refractivity contribution in [3.63, 3.8) is 0 Å². The lowest BCUT2D eigenvalue weighted by molar-refractivity contribution is 0.502. The summed E-state index contributed by atoms with van der Waals surface area (Å²) in [4.78, 5) is 0. The minimum Gasteiger partial charge on any atom is -0.271 e. The molecule has 0 spiro atoms. The van der Waals surface area contributed by atoms with E-state index in [0.717, 1.165) is 11.7 Å². The number of unbranched alkanes of at least 4 members (excludes halogenated alkanes) is 3. The number of hydrazine groups is 1. The highest BCUT2D eigenvalue weighted by Gasteiger charge is 2.17. The van der Waals surface area contributed by atoms with Crippen LogP contribution in [0, 0.1) is 0 Å². The third-order valence-electron chi connectivity index (χ3n) is 3.53. The molecule has 17 heavy (non-hydrogen) atoms. The van der Waals surface area contributed by atoms with Crippen molar-refractivity contribution in [1.82, 2.24) is 5.43 Å². The van der Waals surface area contributed by atoms with E-state index >= 15 is 0 Å². The van der Waals surface area contributed by atoms with Crippen molar-refractivity contribution in [1.29, 1.82) is 0 Å². The van der Waals surface area contributed by atoms with Crippen molar-refractivity contribution in [2.75, 3.05) is 5.75 Å². The molecule has 100 valence electrons. The van der Waals surface area contributed by atoms with Crippen molar-refractivity contribution in [2.45, 2.75) is 69.1 Å². The van der Waals surface area contributed by atoms with Crippen LogP contribution >= 0.6 is 11.8 Å². The van der Waals surface area contributed by atoms with E-state index in [1.807, 2.05) is 6.08 Å². The van der Waals surface area contributed by atoms with Crippen LogP contribution in [0.5, 0.6) is 0 Å². The van der Waals surface area contributed by atoms with Crippen LogP contribution in [0.4, 0.5) is 0 Å². The second-order valence-electron chi connectivity index (χ2n) is 5.03. The van der Waals surface area contributed by atoms with E-state index < -0.39 is 0 Å². The molecule has 1 atom stereocenters. The lowest BCUT2D eigenvalue weighted by Gasteiger charge is -2.17. The molecule has 0 aromatic carbocycles. The molecule has 0 amide bonds. The first-order chi connectivity index (χ1) is 8.36. The Morgan fingerprint density at radius 3 is 2.71 bits per heavy atom. The predicted octanol–water partition coefficient (Wildman–Crippen LogP) is 3.63. The molecule has 2 nitrogen and oxygen atoms in total. The Hall–Kier alpha value is 0.01000. The van der Waals surface area contributed by atoms with E-state index in [4.69, 9.17) is 5.84 Å². The Kier molecular flexibility index (Phi) is 8.85. The summed E-state index contributed by atoms with van der Waals surface area (Å²) in [5, 5.41) is 0.909. The topological polar surface area (TPSA) is 38.0 Å². The molecule has 0 heterocycles. The van der Waals surface area contributed by atoms with E-state index in [2.05, 4.69) is 23.8 Å². The van der Waals surface area contributed by atoms with Crippen molar-refractivity contribution in [2.24, 2.45) is 5.84 Å². The van der Waals surface area contributed by atoms with Crippen molar-refractivity contribution in [3.05, 3.63) is 12.7 Å². The Bertz CT molecular complexity index is 191. The van der Waals surface area contributed by atoms with E-state index in [0.29, 0.717) is 6.04 Å². The van der Waals surface area contributed by atoms with Gasteiger partial charge in [-0.1, -0.05) is 31.8 Å². The van der Waals surface area contributed by atoms with Crippen molar-refractivity contribution < 1.29 is 0 Å². The summed E-state index contributed by atoms with van der Waals surface area (Å²) in [7, 11) is 0. The summed E-state index contributed by atoms with van der Waals surface area (Å²) in [5.74, 6) is 6.80. The predicted molar refractivity (Wildman–Crippen MR) is 79.1 cm³/mol. The minimum atomic E-state index is 0.504. The molecule has 1 rings (SSSR count). The molecule has 0 radical (unpaired) electrons. The van der Waals surface area contributed by atoms with Gasteiger partial charge in [0.2, 0.25) is 0 Å². The summed E-state index contributed by atoms with van der Waals surface area (Å²) in [5.41, 5.74) is 2.98. The monoisotopic (exact) mass is 256 g/mol. The number of rotatable bonds is 10. The number of hydrogen-bond donors (Lipinski definition) is 2. The summed E-state index contributed by atoms with van der Waals surface area (Å²) in [6.07, 6.45) is 13.9. The van der Waals surface area contributed by atoms with Gasteiger partial charge in [-0.25, -0.2) is 0 Å². The molecule has 3 N–H and O–H groups in total. The summed E-state index contributed by atoms with van der Waals surface area (Å²) >= 11 is 2.13. The standard InChI is InChI=1S/C14H28N2S/c1-2-3-4-5-6-9-13(16-15)12-17-14-10-7-8-11-14/h2,13-14,16H,1,3-12,15H2. The highest BCUT2D eigenvalue weighted by molar-refractivity contribution is 7.99. The zero-order valence-corrected chi connectivity index (χ0v) is 11.8. The summed E-state index contributed by atoms with van der Waals surface area (Å²) in [6, 6.07) is 0.504. The first-order valence-corrected chi connectivity index (χ1v) is 8.10. The molecule has 0 aromatic heterocycles. The van der Waals surface area contributed by atoms with Gasteiger partial charge in [0, 0.05) is 17.0 Å². The molecule has 1 saturated carbocycles. The fraction of sp³-hybridized carbons (Fsp3) is 0.857. The van der Waals surface area contributed by atoms with Gasteiger partial charge >= 0.3 is 0 Å². The average molecular weight is 256 g/mol. The average Bonchev–Trinajstić information content (AvgIpc) is 2.86. The van der Waals surface area contributed by atoms with Crippen LogP contribution in [0.2, 0.25) is 0 Å². The Morgan fingerprint density at radius 1 is 1.29 bits per heavy atom. The molecular weight excluding hydrogens is 228 g/mol. The van der Waals surface area contributed by atoms with Crippen LogP contribution in [0.3, 0.4) is 0 Å². The maximum Gasteiger partial charge on any atom is 0.0301 e. The molecule has 0 aromatic rings. The second-order valence-corrected chi connectivity index (χ2v) is 6.36. The highest BCUT2D eigenvalue weighted by Crippen LogP contribution is 2.30. The normalized spacial score (nSPS) is 18.4. The van der Waals surface area contributed by atoms with E-state index in [-0.39, 0.29) is 0 Å². The molecule has 1 aliphatic carbocycles. The molecule has 0 bridgehead atoms. The number of nitrogens with two attached hydrogens (primary N) is 1. The van der Waals surface area contributed by atoms with Crippen LogP contribution in [-0.4, -0.2) is 17.0 Å². The quantitative estimate of drug-likeness (QED) is 0.271. The fourth-order valence-corrected chi connectivity index (χ4v) is 3.81. The highest BCUT2D eigenvalue weighted by atomic mass is 32.2. The van der Waals surface area contributed by atoms with Gasteiger partial charge in [-0.15, -0.1) is 6.58 Å². The van der Waals surface area contributed by atoms with Gasteiger partial charge in [-0.2, -0.15) is 11.8 Å². The number of allylic oxidation sites excluding steroid dienone is 1. The second kappa shape index (κ2) is 9.98. The van der Waals surface area contributed by atoms with Gasteiger partial charge in [-0.3, -0.25) is 11.3 Å². The minimum absolute atomic E-state index is 0.504. The summed E-state index contributed by atoms with van der Waals surface area (Å²) < 4.78 is 0. The maximum atomic E-state index is 5.62. The van der Waals surface area contributed by atoms with Crippen LogP contribution < -0.4 is 11.3 Å².